The average Bonchev–Trinajstić information content (AvgIpc) is 3.20. The molecule has 1 fully saturated rings. The van der Waals surface area contributed by atoms with E-state index in [0.29, 0.717) is 48.9 Å². The molecule has 1 saturated heterocycles. The standard InChI is InChI=1S/C17H20N4O4S/c1-24-14-7-12(8-15(9-14)25-2)16(22)20-3-5-21(6-4-20)17(23)19-13-10-18-26-11-13/h7-11H,3-6H2,1-2H3,(H,19,23). The molecular formula is C17H20N4O4S. The van der Waals surface area contributed by atoms with Crippen molar-refractivity contribution in [3.8, 4) is 11.5 Å². The Morgan fingerprint density at radius 3 is 2.19 bits per heavy atom. The predicted octanol–water partition coefficient (Wildman–Crippen LogP) is 2.15. The Hall–Kier alpha value is -2.81. The van der Waals surface area contributed by atoms with Gasteiger partial charge in [-0.2, -0.15) is 4.37 Å². The second-order valence-electron chi connectivity index (χ2n) is 5.72. The first kappa shape index (κ1) is 18.0. The van der Waals surface area contributed by atoms with Gasteiger partial charge in [0, 0.05) is 43.2 Å². The fourth-order valence-corrected chi connectivity index (χ4v) is 3.16. The van der Waals surface area contributed by atoms with Crippen LogP contribution in [-0.2, 0) is 0 Å². The Morgan fingerprint density at radius 2 is 1.65 bits per heavy atom. The number of hydrogen-bond donors (Lipinski definition) is 1. The van der Waals surface area contributed by atoms with Crippen LogP contribution < -0.4 is 14.8 Å². The first-order valence-corrected chi connectivity index (χ1v) is 8.92. The lowest BCUT2D eigenvalue weighted by atomic mass is 10.1. The highest BCUT2D eigenvalue weighted by Crippen LogP contribution is 2.24. The summed E-state index contributed by atoms with van der Waals surface area (Å²) in [6.07, 6.45) is 1.61. The maximum Gasteiger partial charge on any atom is 0.322 e. The normalized spacial score (nSPS) is 14.1. The van der Waals surface area contributed by atoms with E-state index in [4.69, 9.17) is 9.47 Å². The summed E-state index contributed by atoms with van der Waals surface area (Å²) in [7, 11) is 3.09. The van der Waals surface area contributed by atoms with Crippen LogP contribution in [-0.4, -0.2) is 66.5 Å². The minimum absolute atomic E-state index is 0.107. The molecule has 0 unspecified atom stereocenters. The van der Waals surface area contributed by atoms with Crippen LogP contribution in [0.3, 0.4) is 0 Å². The third-order valence-electron chi connectivity index (χ3n) is 4.14. The van der Waals surface area contributed by atoms with Crippen LogP contribution in [0.15, 0.2) is 29.8 Å². The van der Waals surface area contributed by atoms with Crippen LogP contribution in [0, 0.1) is 0 Å². The second kappa shape index (κ2) is 8.05. The van der Waals surface area contributed by atoms with Gasteiger partial charge in [-0.1, -0.05) is 0 Å². The van der Waals surface area contributed by atoms with Crippen molar-refractivity contribution in [1.29, 1.82) is 0 Å². The summed E-state index contributed by atoms with van der Waals surface area (Å²) in [6, 6.07) is 4.92. The number of methoxy groups -OCH3 is 2. The van der Waals surface area contributed by atoms with Gasteiger partial charge in [0.1, 0.15) is 11.5 Å². The Balaban J connectivity index is 1.60. The van der Waals surface area contributed by atoms with E-state index in [0.717, 1.165) is 0 Å². The summed E-state index contributed by atoms with van der Waals surface area (Å²) in [5, 5.41) is 4.57. The van der Waals surface area contributed by atoms with E-state index in [1.165, 1.54) is 11.5 Å². The van der Waals surface area contributed by atoms with Crippen molar-refractivity contribution < 1.29 is 19.1 Å². The number of urea groups is 1. The van der Waals surface area contributed by atoms with Gasteiger partial charge < -0.3 is 24.6 Å². The highest BCUT2D eigenvalue weighted by atomic mass is 32.1. The molecule has 1 aliphatic rings. The second-order valence-corrected chi connectivity index (χ2v) is 6.38. The van der Waals surface area contributed by atoms with Crippen molar-refractivity contribution in [2.75, 3.05) is 45.7 Å². The van der Waals surface area contributed by atoms with E-state index in [9.17, 15) is 9.59 Å². The number of anilines is 1. The third kappa shape index (κ3) is 4.05. The number of nitrogens with zero attached hydrogens (tertiary/aromatic N) is 3. The van der Waals surface area contributed by atoms with Crippen molar-refractivity contribution >= 4 is 29.2 Å². The molecule has 3 rings (SSSR count). The van der Waals surface area contributed by atoms with Gasteiger partial charge in [0.25, 0.3) is 5.91 Å². The highest BCUT2D eigenvalue weighted by Gasteiger charge is 2.25. The predicted molar refractivity (Wildman–Crippen MR) is 98.2 cm³/mol. The largest absolute Gasteiger partial charge is 0.497 e. The number of rotatable bonds is 4. The summed E-state index contributed by atoms with van der Waals surface area (Å²) < 4.78 is 14.4. The summed E-state index contributed by atoms with van der Waals surface area (Å²) in [4.78, 5) is 28.4. The van der Waals surface area contributed by atoms with E-state index >= 15 is 0 Å². The Labute approximate surface area is 155 Å². The average molecular weight is 376 g/mol. The fourth-order valence-electron chi connectivity index (χ4n) is 2.70. The number of carbonyl (C=O) groups is 2. The molecule has 2 heterocycles. The summed E-state index contributed by atoms with van der Waals surface area (Å²) in [5.41, 5.74) is 1.19. The molecule has 0 saturated carbocycles. The molecule has 138 valence electrons. The molecule has 8 nitrogen and oxygen atoms in total. The maximum absolute atomic E-state index is 12.8. The van der Waals surface area contributed by atoms with Crippen molar-refractivity contribution in [2.45, 2.75) is 0 Å². The van der Waals surface area contributed by atoms with Crippen LogP contribution in [0.25, 0.3) is 0 Å². The van der Waals surface area contributed by atoms with Crippen LogP contribution >= 0.6 is 11.5 Å². The van der Waals surface area contributed by atoms with Gasteiger partial charge >= 0.3 is 6.03 Å². The monoisotopic (exact) mass is 376 g/mol. The molecule has 9 heteroatoms. The van der Waals surface area contributed by atoms with E-state index in [-0.39, 0.29) is 11.9 Å². The first-order valence-electron chi connectivity index (χ1n) is 8.08. The molecule has 1 aromatic heterocycles. The molecule has 1 aromatic carbocycles. The SMILES string of the molecule is COc1cc(OC)cc(C(=O)N2CCN(C(=O)Nc3cnsc3)CC2)c1. The molecular weight excluding hydrogens is 356 g/mol. The maximum atomic E-state index is 12.8. The molecule has 3 amide bonds. The van der Waals surface area contributed by atoms with Crippen LogP contribution in [0.4, 0.5) is 10.5 Å². The van der Waals surface area contributed by atoms with Crippen molar-refractivity contribution in [3.63, 3.8) is 0 Å². The van der Waals surface area contributed by atoms with Gasteiger partial charge in [0.15, 0.2) is 0 Å². The van der Waals surface area contributed by atoms with Crippen LogP contribution in [0.1, 0.15) is 10.4 Å². The number of hydrogen-bond acceptors (Lipinski definition) is 6. The number of nitrogens with one attached hydrogen (secondary N) is 1. The molecule has 1 aliphatic heterocycles. The van der Waals surface area contributed by atoms with Gasteiger partial charge in [-0.3, -0.25) is 4.79 Å². The minimum atomic E-state index is -0.180. The summed E-state index contributed by atoms with van der Waals surface area (Å²) in [5.74, 6) is 1.02. The van der Waals surface area contributed by atoms with Gasteiger partial charge in [-0.25, -0.2) is 4.79 Å². The van der Waals surface area contributed by atoms with Crippen molar-refractivity contribution in [3.05, 3.63) is 35.3 Å². The quantitative estimate of drug-likeness (QED) is 0.884. The first-order chi connectivity index (χ1) is 12.6. The molecule has 2 aromatic rings. The lowest BCUT2D eigenvalue weighted by Gasteiger charge is -2.34. The number of piperazine rings is 1. The Morgan fingerprint density at radius 1 is 1.04 bits per heavy atom. The summed E-state index contributed by atoms with van der Waals surface area (Å²) >= 11 is 1.28. The van der Waals surface area contributed by atoms with Crippen LogP contribution in [0.2, 0.25) is 0 Å². The number of aromatic nitrogens is 1. The third-order valence-corrected chi connectivity index (χ3v) is 4.72. The molecule has 0 spiro atoms. The molecule has 1 N–H and O–H groups in total. The zero-order valence-corrected chi connectivity index (χ0v) is 15.4. The minimum Gasteiger partial charge on any atom is -0.497 e. The number of ether oxygens (including phenoxy) is 2. The number of carbonyl (C=O) groups excluding carboxylic acids is 2. The zero-order chi connectivity index (χ0) is 18.5. The topological polar surface area (TPSA) is 84.0 Å². The lowest BCUT2D eigenvalue weighted by molar-refractivity contribution is 0.0671. The van der Waals surface area contributed by atoms with E-state index in [1.54, 1.807) is 53.8 Å². The number of amides is 3. The highest BCUT2D eigenvalue weighted by molar-refractivity contribution is 7.04. The fraction of sp³-hybridized carbons (Fsp3) is 0.353. The Kier molecular flexibility index (Phi) is 5.57. The van der Waals surface area contributed by atoms with Gasteiger partial charge in [0.05, 0.1) is 26.1 Å². The van der Waals surface area contributed by atoms with Gasteiger partial charge in [0.2, 0.25) is 0 Å². The lowest BCUT2D eigenvalue weighted by Crippen LogP contribution is -2.51. The molecule has 0 radical (unpaired) electrons. The smallest absolute Gasteiger partial charge is 0.322 e. The summed E-state index contributed by atoms with van der Waals surface area (Å²) in [6.45, 7) is 1.87. The Bertz CT molecular complexity index is 751. The number of benzene rings is 1. The van der Waals surface area contributed by atoms with Crippen LogP contribution in [0.5, 0.6) is 11.5 Å². The molecule has 0 bridgehead atoms. The molecule has 0 atom stereocenters. The van der Waals surface area contributed by atoms with Crippen molar-refractivity contribution in [1.82, 2.24) is 14.2 Å². The van der Waals surface area contributed by atoms with Gasteiger partial charge in [-0.15, -0.1) is 0 Å². The van der Waals surface area contributed by atoms with E-state index < -0.39 is 0 Å². The van der Waals surface area contributed by atoms with Crippen molar-refractivity contribution in [2.24, 2.45) is 0 Å². The van der Waals surface area contributed by atoms with E-state index in [2.05, 4.69) is 9.69 Å². The van der Waals surface area contributed by atoms with Gasteiger partial charge in [-0.05, 0) is 23.7 Å². The zero-order valence-electron chi connectivity index (χ0n) is 14.6. The molecule has 0 aliphatic carbocycles. The molecule has 26 heavy (non-hydrogen) atoms. The van der Waals surface area contributed by atoms with E-state index in [1.807, 2.05) is 0 Å².